The molecule has 32 heavy (non-hydrogen) atoms. The van der Waals surface area contributed by atoms with Gasteiger partial charge in [-0.25, -0.2) is 0 Å². The summed E-state index contributed by atoms with van der Waals surface area (Å²) in [5.74, 6) is 0.950. The molecule has 0 heterocycles. The molecule has 0 radical (unpaired) electrons. The molecule has 4 rings (SSSR count). The lowest BCUT2D eigenvalue weighted by Gasteiger charge is -2.36. The molecular formula is C30H44Si2. The van der Waals surface area contributed by atoms with Crippen molar-refractivity contribution in [3.8, 4) is 0 Å². The molecule has 2 heteroatoms. The van der Waals surface area contributed by atoms with Crippen LogP contribution in [0.3, 0.4) is 0 Å². The summed E-state index contributed by atoms with van der Waals surface area (Å²) in [5.41, 5.74) is 3.68. The second-order valence-corrected chi connectivity index (χ2v) is 21.2. The topological polar surface area (TPSA) is 0 Å². The molecular weight excluding hydrogens is 417 g/mol. The van der Waals surface area contributed by atoms with E-state index in [2.05, 4.69) is 86.9 Å². The van der Waals surface area contributed by atoms with Crippen molar-refractivity contribution in [2.24, 2.45) is 5.92 Å². The molecule has 2 aromatic rings. The van der Waals surface area contributed by atoms with Crippen LogP contribution in [0.1, 0.15) is 57.8 Å². The largest absolute Gasteiger partial charge is 0.119 e. The van der Waals surface area contributed by atoms with Crippen LogP contribution >= 0.6 is 0 Å². The van der Waals surface area contributed by atoms with Gasteiger partial charge < -0.3 is 0 Å². The van der Waals surface area contributed by atoms with Gasteiger partial charge in [0.2, 0.25) is 0 Å². The quantitative estimate of drug-likeness (QED) is 0.262. The second-order valence-electron chi connectivity index (χ2n) is 11.7. The maximum absolute atomic E-state index is 4.63. The molecule has 0 aliphatic heterocycles. The minimum atomic E-state index is -1.80. The highest BCUT2D eigenvalue weighted by Gasteiger charge is 2.43. The van der Waals surface area contributed by atoms with Crippen molar-refractivity contribution in [2.45, 2.75) is 94.6 Å². The predicted molar refractivity (Wildman–Crippen MR) is 148 cm³/mol. The fourth-order valence-electron chi connectivity index (χ4n) is 7.00. The molecule has 2 atom stereocenters. The van der Waals surface area contributed by atoms with Crippen LogP contribution < -0.4 is 10.4 Å². The number of allylic oxidation sites excluding steroid dienone is 1. The Morgan fingerprint density at radius 3 is 1.91 bits per heavy atom. The third kappa shape index (κ3) is 5.23. The van der Waals surface area contributed by atoms with Gasteiger partial charge in [-0.1, -0.05) is 135 Å². The summed E-state index contributed by atoms with van der Waals surface area (Å²) in [6.07, 6.45) is 13.2. The molecule has 172 valence electrons. The summed E-state index contributed by atoms with van der Waals surface area (Å²) in [6.45, 7) is 12.6. The van der Waals surface area contributed by atoms with Gasteiger partial charge in [0.15, 0.2) is 0 Å². The predicted octanol–water partition coefficient (Wildman–Crippen LogP) is 8.04. The van der Waals surface area contributed by atoms with E-state index < -0.39 is 16.1 Å². The first kappa shape index (κ1) is 23.8. The third-order valence-electron chi connectivity index (χ3n) is 9.33. The Morgan fingerprint density at radius 1 is 0.781 bits per heavy atom. The lowest BCUT2D eigenvalue weighted by atomic mass is 9.99. The Hall–Kier alpha value is -1.39. The van der Waals surface area contributed by atoms with Crippen molar-refractivity contribution in [2.75, 3.05) is 0 Å². The first-order valence-electron chi connectivity index (χ1n) is 13.2. The van der Waals surface area contributed by atoms with Gasteiger partial charge in [-0.2, -0.15) is 0 Å². The fourth-order valence-corrected chi connectivity index (χ4v) is 15.2. The summed E-state index contributed by atoms with van der Waals surface area (Å²) in [4.78, 5) is 0. The molecule has 2 aliphatic carbocycles. The summed E-state index contributed by atoms with van der Waals surface area (Å²) < 4.78 is 0. The molecule has 0 spiro atoms. The van der Waals surface area contributed by atoms with Crippen molar-refractivity contribution in [1.29, 1.82) is 0 Å². The van der Waals surface area contributed by atoms with E-state index in [1.807, 2.05) is 0 Å². The Kier molecular flexibility index (Phi) is 7.62. The van der Waals surface area contributed by atoms with Crippen LogP contribution in [0.5, 0.6) is 0 Å². The van der Waals surface area contributed by atoms with E-state index in [0.29, 0.717) is 0 Å². The van der Waals surface area contributed by atoms with Crippen molar-refractivity contribution in [3.05, 3.63) is 72.8 Å². The minimum absolute atomic E-state index is 0.950. The normalized spacial score (nSPS) is 22.3. The molecule has 2 aromatic carbocycles. The number of hydrogen-bond acceptors (Lipinski definition) is 0. The van der Waals surface area contributed by atoms with Crippen LogP contribution in [-0.4, -0.2) is 16.1 Å². The molecule has 2 aliphatic rings. The van der Waals surface area contributed by atoms with Gasteiger partial charge in [-0.3, -0.25) is 0 Å². The molecule has 0 N–H and O–H groups in total. The highest BCUT2D eigenvalue weighted by molar-refractivity contribution is 7.01. The van der Waals surface area contributed by atoms with Crippen LogP contribution in [0.15, 0.2) is 72.8 Å². The van der Waals surface area contributed by atoms with Crippen LogP contribution in [0.2, 0.25) is 36.8 Å². The lowest BCUT2D eigenvalue weighted by Crippen LogP contribution is -2.55. The summed E-state index contributed by atoms with van der Waals surface area (Å²) >= 11 is 0. The third-order valence-corrected chi connectivity index (χ3v) is 19.1. The SMILES string of the molecule is C=C(CCC1CCC([Si](C)(C)C2CCCC2)C1)C[Si](C)(c1ccccc1)c1ccccc1. The highest BCUT2D eigenvalue weighted by atomic mass is 28.3. The minimum Gasteiger partial charge on any atom is -0.100 e. The van der Waals surface area contributed by atoms with Crippen LogP contribution in [0.4, 0.5) is 0 Å². The monoisotopic (exact) mass is 460 g/mol. The van der Waals surface area contributed by atoms with E-state index in [-0.39, 0.29) is 0 Å². The van der Waals surface area contributed by atoms with Crippen LogP contribution in [-0.2, 0) is 0 Å². The standard InChI is InChI=1S/C30H44Si2/c1-25(19-20-26-21-22-30(23-26)31(2,3)27-13-11-12-14-27)24-32(4,28-15-7-5-8-16-28)29-17-9-6-10-18-29/h5-10,15-18,26-27,30H,1,11-14,19-24H2,2-4H3. The van der Waals surface area contributed by atoms with E-state index in [1.165, 1.54) is 66.9 Å². The Bertz CT molecular complexity index is 825. The average molecular weight is 461 g/mol. The molecule has 2 saturated carbocycles. The Morgan fingerprint density at radius 2 is 1.34 bits per heavy atom. The maximum atomic E-state index is 4.63. The number of hydrogen-bond donors (Lipinski definition) is 0. The van der Waals surface area contributed by atoms with E-state index in [0.717, 1.165) is 17.0 Å². The average Bonchev–Trinajstić information content (AvgIpc) is 3.52. The van der Waals surface area contributed by atoms with E-state index >= 15 is 0 Å². The zero-order valence-electron chi connectivity index (χ0n) is 20.8. The second kappa shape index (κ2) is 10.3. The first-order chi connectivity index (χ1) is 15.4. The summed E-state index contributed by atoms with van der Waals surface area (Å²) in [6, 6.07) is 23.7. The van der Waals surface area contributed by atoms with Crippen LogP contribution in [0, 0.1) is 5.92 Å². The van der Waals surface area contributed by atoms with Crippen molar-refractivity contribution < 1.29 is 0 Å². The van der Waals surface area contributed by atoms with Gasteiger partial charge >= 0.3 is 0 Å². The van der Waals surface area contributed by atoms with Crippen molar-refractivity contribution in [3.63, 3.8) is 0 Å². The zero-order chi connectivity index (χ0) is 22.6. The van der Waals surface area contributed by atoms with E-state index in [4.69, 9.17) is 0 Å². The van der Waals surface area contributed by atoms with Crippen molar-refractivity contribution >= 4 is 26.5 Å². The summed E-state index contributed by atoms with van der Waals surface area (Å²) in [5, 5.41) is 3.08. The molecule has 2 fully saturated rings. The first-order valence-corrected chi connectivity index (χ1v) is 19.0. The zero-order valence-corrected chi connectivity index (χ0v) is 22.8. The molecule has 0 amide bonds. The summed E-state index contributed by atoms with van der Waals surface area (Å²) in [7, 11) is -2.87. The number of rotatable bonds is 9. The lowest BCUT2D eigenvalue weighted by molar-refractivity contribution is 0.501. The van der Waals surface area contributed by atoms with Gasteiger partial charge in [0, 0.05) is 0 Å². The van der Waals surface area contributed by atoms with Gasteiger partial charge in [0.25, 0.3) is 0 Å². The molecule has 0 saturated heterocycles. The molecule has 0 aromatic heterocycles. The number of benzene rings is 2. The van der Waals surface area contributed by atoms with Gasteiger partial charge in [0.1, 0.15) is 8.07 Å². The van der Waals surface area contributed by atoms with E-state index in [9.17, 15) is 0 Å². The van der Waals surface area contributed by atoms with Gasteiger partial charge in [0.05, 0.1) is 8.07 Å². The molecule has 0 nitrogen and oxygen atoms in total. The van der Waals surface area contributed by atoms with Crippen molar-refractivity contribution in [1.82, 2.24) is 0 Å². The highest BCUT2D eigenvalue weighted by Crippen LogP contribution is 2.52. The maximum Gasteiger partial charge on any atom is 0.119 e. The van der Waals surface area contributed by atoms with Crippen LogP contribution in [0.25, 0.3) is 0 Å². The smallest absolute Gasteiger partial charge is 0.100 e. The Balaban J connectivity index is 1.36. The van der Waals surface area contributed by atoms with E-state index in [1.54, 1.807) is 12.8 Å². The molecule has 0 bridgehead atoms. The van der Waals surface area contributed by atoms with Gasteiger partial charge in [-0.15, -0.1) is 6.58 Å². The fraction of sp³-hybridized carbons (Fsp3) is 0.533. The molecule has 2 unspecified atom stereocenters. The Labute approximate surface area is 199 Å². The van der Waals surface area contributed by atoms with Gasteiger partial charge in [-0.05, 0) is 42.3 Å².